The van der Waals surface area contributed by atoms with Crippen LogP contribution < -0.4 is 5.32 Å². The van der Waals surface area contributed by atoms with Crippen molar-refractivity contribution >= 4 is 23.5 Å². The third-order valence-corrected chi connectivity index (χ3v) is 4.09. The number of carbonyl (C=O) groups excluding carboxylic acids is 1. The Hall–Kier alpha value is -1.81. The van der Waals surface area contributed by atoms with Crippen molar-refractivity contribution in [1.82, 2.24) is 4.98 Å². The molecule has 0 bridgehead atoms. The molecule has 1 amide bonds. The average molecular weight is 286 g/mol. The van der Waals surface area contributed by atoms with E-state index in [4.69, 9.17) is 0 Å². The molecule has 0 aliphatic rings. The van der Waals surface area contributed by atoms with Gasteiger partial charge in [-0.25, -0.2) is 4.98 Å². The molecule has 0 saturated carbocycles. The molecule has 0 aliphatic heterocycles. The summed E-state index contributed by atoms with van der Waals surface area (Å²) in [5, 5.41) is 2.72. The number of anilines is 1. The van der Waals surface area contributed by atoms with E-state index in [0.29, 0.717) is 5.82 Å². The summed E-state index contributed by atoms with van der Waals surface area (Å²) in [5.41, 5.74) is 2.31. The van der Waals surface area contributed by atoms with E-state index in [9.17, 15) is 4.79 Å². The van der Waals surface area contributed by atoms with Gasteiger partial charge < -0.3 is 5.32 Å². The molecular weight excluding hydrogens is 268 g/mol. The molecular formula is C16H18N2OS. The van der Waals surface area contributed by atoms with Crippen LogP contribution in [0, 0.1) is 6.92 Å². The zero-order chi connectivity index (χ0) is 14.4. The molecule has 0 spiro atoms. The third-order valence-electron chi connectivity index (χ3n) is 2.87. The lowest BCUT2D eigenvalue weighted by Crippen LogP contribution is -2.23. The molecule has 20 heavy (non-hydrogen) atoms. The first-order valence-electron chi connectivity index (χ1n) is 6.54. The zero-order valence-corrected chi connectivity index (χ0v) is 12.5. The Kier molecular flexibility index (Phi) is 5.18. The Morgan fingerprint density at radius 1 is 1.25 bits per heavy atom. The minimum Gasteiger partial charge on any atom is -0.310 e. The average Bonchev–Trinajstić information content (AvgIpc) is 2.48. The summed E-state index contributed by atoms with van der Waals surface area (Å²) < 4.78 is 0. The Morgan fingerprint density at radius 3 is 2.65 bits per heavy atom. The number of nitrogens with one attached hydrogen (secondary N) is 1. The van der Waals surface area contributed by atoms with Crippen molar-refractivity contribution in [3.8, 4) is 0 Å². The number of hydrogen-bond acceptors (Lipinski definition) is 3. The van der Waals surface area contributed by atoms with Crippen molar-refractivity contribution in [2.45, 2.75) is 24.9 Å². The molecule has 1 N–H and O–H groups in total. The number of hydrogen-bond donors (Lipinski definition) is 1. The number of benzene rings is 1. The molecule has 0 radical (unpaired) electrons. The lowest BCUT2D eigenvalue weighted by molar-refractivity contribution is -0.115. The van der Waals surface area contributed by atoms with Gasteiger partial charge in [-0.3, -0.25) is 4.79 Å². The molecule has 0 aliphatic carbocycles. The molecule has 1 unspecified atom stereocenters. The summed E-state index contributed by atoms with van der Waals surface area (Å²) in [4.78, 5) is 16.2. The largest absolute Gasteiger partial charge is 0.310 e. The topological polar surface area (TPSA) is 42.0 Å². The van der Waals surface area contributed by atoms with E-state index in [1.54, 1.807) is 18.0 Å². The summed E-state index contributed by atoms with van der Waals surface area (Å²) >= 11 is 1.62. The van der Waals surface area contributed by atoms with Crippen molar-refractivity contribution in [2.24, 2.45) is 0 Å². The lowest BCUT2D eigenvalue weighted by atomic mass is 10.2. The minimum atomic E-state index is -0.113. The predicted molar refractivity (Wildman–Crippen MR) is 84.8 cm³/mol. The highest BCUT2D eigenvalue weighted by atomic mass is 32.2. The second-order valence-electron chi connectivity index (χ2n) is 4.65. The van der Waals surface area contributed by atoms with Crippen molar-refractivity contribution in [3.63, 3.8) is 0 Å². The van der Waals surface area contributed by atoms with E-state index < -0.39 is 0 Å². The van der Waals surface area contributed by atoms with Crippen LogP contribution in [0.3, 0.4) is 0 Å². The van der Waals surface area contributed by atoms with Gasteiger partial charge in [-0.2, -0.15) is 0 Å². The standard InChI is InChI=1S/C16H18N2OS/c1-12-8-9-15(17-10-12)18-16(19)13(2)20-11-14-6-4-3-5-7-14/h3-10,13H,11H2,1-2H3,(H,17,18,19). The molecule has 1 aromatic carbocycles. The van der Waals surface area contributed by atoms with Crippen LogP contribution in [0.25, 0.3) is 0 Å². The summed E-state index contributed by atoms with van der Waals surface area (Å²) in [6.07, 6.45) is 1.75. The predicted octanol–water partition coefficient (Wildman–Crippen LogP) is 3.65. The number of aromatic nitrogens is 1. The number of rotatable bonds is 5. The normalized spacial score (nSPS) is 11.9. The summed E-state index contributed by atoms with van der Waals surface area (Å²) in [5.74, 6) is 1.42. The first kappa shape index (κ1) is 14.6. The van der Waals surface area contributed by atoms with Gasteiger partial charge in [0.25, 0.3) is 0 Å². The number of thioether (sulfide) groups is 1. The maximum absolute atomic E-state index is 12.0. The van der Waals surface area contributed by atoms with E-state index in [1.807, 2.05) is 44.2 Å². The third kappa shape index (κ3) is 4.38. The van der Waals surface area contributed by atoms with E-state index in [-0.39, 0.29) is 11.2 Å². The molecule has 0 saturated heterocycles. The van der Waals surface area contributed by atoms with Crippen LogP contribution in [0.5, 0.6) is 0 Å². The second kappa shape index (κ2) is 7.10. The molecule has 1 heterocycles. The maximum Gasteiger partial charge on any atom is 0.238 e. The maximum atomic E-state index is 12.0. The van der Waals surface area contributed by atoms with Crippen molar-refractivity contribution in [1.29, 1.82) is 0 Å². The highest BCUT2D eigenvalue weighted by Gasteiger charge is 2.13. The van der Waals surface area contributed by atoms with Crippen molar-refractivity contribution in [2.75, 3.05) is 5.32 Å². The van der Waals surface area contributed by atoms with Gasteiger partial charge in [-0.05, 0) is 31.0 Å². The first-order valence-corrected chi connectivity index (χ1v) is 7.59. The molecule has 4 heteroatoms. The Bertz CT molecular complexity index is 554. The SMILES string of the molecule is Cc1ccc(NC(=O)C(C)SCc2ccccc2)nc1. The Labute approximate surface area is 123 Å². The van der Waals surface area contributed by atoms with E-state index in [0.717, 1.165) is 11.3 Å². The summed E-state index contributed by atoms with van der Waals surface area (Å²) in [7, 11) is 0. The summed E-state index contributed by atoms with van der Waals surface area (Å²) in [6.45, 7) is 3.88. The van der Waals surface area contributed by atoms with E-state index in [1.165, 1.54) is 5.56 Å². The van der Waals surface area contributed by atoms with Crippen LogP contribution in [0.15, 0.2) is 48.7 Å². The van der Waals surface area contributed by atoms with Crippen LogP contribution >= 0.6 is 11.8 Å². The van der Waals surface area contributed by atoms with Gasteiger partial charge in [0, 0.05) is 11.9 Å². The van der Waals surface area contributed by atoms with Gasteiger partial charge in [-0.1, -0.05) is 36.4 Å². The van der Waals surface area contributed by atoms with Crippen LogP contribution in [0.1, 0.15) is 18.1 Å². The fourth-order valence-corrected chi connectivity index (χ4v) is 2.49. The number of carbonyl (C=O) groups is 1. The van der Waals surface area contributed by atoms with Gasteiger partial charge in [-0.15, -0.1) is 11.8 Å². The lowest BCUT2D eigenvalue weighted by Gasteiger charge is -2.11. The van der Waals surface area contributed by atoms with Crippen LogP contribution in [0.4, 0.5) is 5.82 Å². The quantitative estimate of drug-likeness (QED) is 0.912. The van der Waals surface area contributed by atoms with E-state index in [2.05, 4.69) is 22.4 Å². The van der Waals surface area contributed by atoms with Crippen LogP contribution in [0.2, 0.25) is 0 Å². The number of pyridine rings is 1. The van der Waals surface area contributed by atoms with Crippen molar-refractivity contribution < 1.29 is 4.79 Å². The zero-order valence-electron chi connectivity index (χ0n) is 11.7. The van der Waals surface area contributed by atoms with Crippen LogP contribution in [-0.2, 0) is 10.5 Å². The van der Waals surface area contributed by atoms with Crippen LogP contribution in [-0.4, -0.2) is 16.1 Å². The highest BCUT2D eigenvalue weighted by molar-refractivity contribution is 7.99. The molecule has 2 aromatic rings. The number of aryl methyl sites for hydroxylation is 1. The number of nitrogens with zero attached hydrogens (tertiary/aromatic N) is 1. The molecule has 1 atom stereocenters. The smallest absolute Gasteiger partial charge is 0.238 e. The van der Waals surface area contributed by atoms with Gasteiger partial charge in [0.1, 0.15) is 5.82 Å². The second-order valence-corrected chi connectivity index (χ2v) is 5.98. The molecule has 3 nitrogen and oxygen atoms in total. The monoisotopic (exact) mass is 286 g/mol. The fourth-order valence-electron chi connectivity index (χ4n) is 1.64. The van der Waals surface area contributed by atoms with Gasteiger partial charge in [0.05, 0.1) is 5.25 Å². The van der Waals surface area contributed by atoms with E-state index >= 15 is 0 Å². The Balaban J connectivity index is 1.84. The first-order chi connectivity index (χ1) is 9.65. The van der Waals surface area contributed by atoms with Crippen molar-refractivity contribution in [3.05, 3.63) is 59.8 Å². The molecule has 0 fully saturated rings. The fraction of sp³-hybridized carbons (Fsp3) is 0.250. The highest BCUT2D eigenvalue weighted by Crippen LogP contribution is 2.18. The minimum absolute atomic E-state index is 0.0118. The Morgan fingerprint density at radius 2 is 2.00 bits per heavy atom. The molecule has 1 aromatic heterocycles. The molecule has 104 valence electrons. The van der Waals surface area contributed by atoms with Gasteiger partial charge in [0.15, 0.2) is 0 Å². The molecule has 2 rings (SSSR count). The number of amides is 1. The summed E-state index contributed by atoms with van der Waals surface area (Å²) in [6, 6.07) is 13.9. The van der Waals surface area contributed by atoms with Gasteiger partial charge >= 0.3 is 0 Å². The van der Waals surface area contributed by atoms with Gasteiger partial charge in [0.2, 0.25) is 5.91 Å².